The maximum atomic E-state index is 13.5. The van der Waals surface area contributed by atoms with Crippen LogP contribution < -0.4 is 11.2 Å². The van der Waals surface area contributed by atoms with Crippen LogP contribution >= 0.6 is 0 Å². The molecule has 7 nitrogen and oxygen atoms in total. The van der Waals surface area contributed by atoms with E-state index in [1.54, 1.807) is 6.92 Å². The van der Waals surface area contributed by atoms with Crippen LogP contribution in [0, 0.1) is 12.7 Å². The van der Waals surface area contributed by atoms with Crippen LogP contribution in [0.1, 0.15) is 16.1 Å². The van der Waals surface area contributed by atoms with Gasteiger partial charge in [-0.15, -0.1) is 0 Å². The third-order valence-corrected chi connectivity index (χ3v) is 4.44. The average molecular weight is 383 g/mol. The van der Waals surface area contributed by atoms with Crippen molar-refractivity contribution in [2.24, 2.45) is 14.1 Å². The smallest absolute Gasteiger partial charge is 0.340 e. The first-order valence-corrected chi connectivity index (χ1v) is 8.42. The number of fused-ring (bicyclic) bond motifs is 1. The second-order valence-electron chi connectivity index (χ2n) is 6.25. The predicted octanol–water partition coefficient (Wildman–Crippen LogP) is 2.09. The van der Waals surface area contributed by atoms with Crippen LogP contribution in [-0.2, 0) is 18.8 Å². The van der Waals surface area contributed by atoms with Gasteiger partial charge in [-0.25, -0.2) is 19.0 Å². The summed E-state index contributed by atoms with van der Waals surface area (Å²) >= 11 is 0. The first-order chi connectivity index (χ1) is 13.3. The Hall–Kier alpha value is -3.55. The highest BCUT2D eigenvalue weighted by Crippen LogP contribution is 2.31. The molecule has 0 N–H and O–H groups in total. The fraction of sp³-hybridized carbons (Fsp3) is 0.200. The van der Waals surface area contributed by atoms with Crippen molar-refractivity contribution in [3.05, 3.63) is 74.8 Å². The van der Waals surface area contributed by atoms with Gasteiger partial charge in [-0.3, -0.25) is 13.9 Å². The van der Waals surface area contributed by atoms with Gasteiger partial charge in [-0.1, -0.05) is 24.8 Å². The molecular weight excluding hydrogens is 365 g/mol. The summed E-state index contributed by atoms with van der Waals surface area (Å²) in [4.78, 5) is 42.3. The first-order valence-electron chi connectivity index (χ1n) is 8.42. The summed E-state index contributed by atoms with van der Waals surface area (Å²) in [6.07, 6.45) is 1.42. The molecule has 3 aromatic rings. The molecule has 0 saturated carbocycles. The summed E-state index contributed by atoms with van der Waals surface area (Å²) in [5, 5.41) is 0.0763. The molecule has 0 unspecified atom stereocenters. The quantitative estimate of drug-likeness (QED) is 0.509. The largest absolute Gasteiger partial charge is 0.458 e. The van der Waals surface area contributed by atoms with Gasteiger partial charge in [0.15, 0.2) is 0 Å². The number of halogens is 1. The molecule has 0 spiro atoms. The predicted molar refractivity (Wildman–Crippen MR) is 103 cm³/mol. The van der Waals surface area contributed by atoms with E-state index in [-0.39, 0.29) is 34.5 Å². The molecule has 3 rings (SSSR count). The molecule has 0 atom stereocenters. The summed E-state index contributed by atoms with van der Waals surface area (Å²) < 4.78 is 20.8. The Morgan fingerprint density at radius 2 is 1.86 bits per heavy atom. The van der Waals surface area contributed by atoms with Gasteiger partial charge in [0, 0.05) is 19.7 Å². The summed E-state index contributed by atoms with van der Waals surface area (Å²) in [5.74, 6) is -1.16. The second-order valence-corrected chi connectivity index (χ2v) is 6.25. The van der Waals surface area contributed by atoms with Crippen LogP contribution in [0.5, 0.6) is 0 Å². The number of carbonyl (C=O) groups is 1. The van der Waals surface area contributed by atoms with Crippen LogP contribution in [-0.4, -0.2) is 26.7 Å². The Kier molecular flexibility index (Phi) is 4.96. The van der Waals surface area contributed by atoms with Crippen LogP contribution in [0.15, 0.2) is 46.5 Å². The molecule has 1 aromatic carbocycles. The fourth-order valence-electron chi connectivity index (χ4n) is 3.07. The van der Waals surface area contributed by atoms with Crippen molar-refractivity contribution in [3.63, 3.8) is 0 Å². The first kappa shape index (κ1) is 19.2. The number of carbonyl (C=O) groups excluding carboxylic acids is 1. The molecule has 0 amide bonds. The number of ether oxygens (including phenoxy) is 1. The van der Waals surface area contributed by atoms with E-state index in [1.807, 2.05) is 0 Å². The Morgan fingerprint density at radius 3 is 2.46 bits per heavy atom. The number of hydrogen-bond donors (Lipinski definition) is 0. The summed E-state index contributed by atoms with van der Waals surface area (Å²) in [7, 11) is 2.83. The number of hydrogen-bond acceptors (Lipinski definition) is 5. The molecule has 0 aliphatic heterocycles. The topological polar surface area (TPSA) is 83.2 Å². The molecule has 0 fully saturated rings. The van der Waals surface area contributed by atoms with Gasteiger partial charge in [0.2, 0.25) is 0 Å². The van der Waals surface area contributed by atoms with E-state index < -0.39 is 23.0 Å². The summed E-state index contributed by atoms with van der Waals surface area (Å²) in [5.41, 5.74) is 0.0103. The van der Waals surface area contributed by atoms with E-state index in [4.69, 9.17) is 4.74 Å². The third kappa shape index (κ3) is 3.02. The molecule has 2 heterocycles. The van der Waals surface area contributed by atoms with Gasteiger partial charge in [-0.05, 0) is 24.6 Å². The number of benzene rings is 1. The maximum absolute atomic E-state index is 13.5. The Balaban J connectivity index is 2.54. The van der Waals surface area contributed by atoms with Crippen LogP contribution in [0.2, 0.25) is 0 Å². The Labute approximate surface area is 159 Å². The molecule has 0 bridgehead atoms. The van der Waals surface area contributed by atoms with Crippen molar-refractivity contribution in [1.29, 1.82) is 0 Å². The van der Waals surface area contributed by atoms with E-state index in [0.717, 1.165) is 4.57 Å². The minimum absolute atomic E-state index is 0.0234. The van der Waals surface area contributed by atoms with Crippen molar-refractivity contribution >= 4 is 17.0 Å². The fourth-order valence-corrected chi connectivity index (χ4v) is 3.07. The van der Waals surface area contributed by atoms with Crippen LogP contribution in [0.4, 0.5) is 4.39 Å². The summed E-state index contributed by atoms with van der Waals surface area (Å²) in [6.45, 7) is 5.07. The van der Waals surface area contributed by atoms with Crippen LogP contribution in [0.3, 0.4) is 0 Å². The molecule has 0 radical (unpaired) electrons. The maximum Gasteiger partial charge on any atom is 0.340 e. The van der Waals surface area contributed by atoms with Gasteiger partial charge in [0.25, 0.3) is 5.56 Å². The number of aryl methyl sites for hydroxylation is 2. The molecule has 8 heteroatoms. The Bertz CT molecular complexity index is 1220. The zero-order chi connectivity index (χ0) is 20.6. The van der Waals surface area contributed by atoms with Gasteiger partial charge >= 0.3 is 11.7 Å². The lowest BCUT2D eigenvalue weighted by molar-refractivity contribution is 0.0549. The number of pyridine rings is 1. The molecule has 28 heavy (non-hydrogen) atoms. The highest BCUT2D eigenvalue weighted by molar-refractivity contribution is 6.07. The SMILES string of the molecule is C=CCOC(=O)c1c(C)nc2c(c1-c1ccc(F)cc1)c(=O)n(C)c(=O)n2C. The Morgan fingerprint density at radius 1 is 1.21 bits per heavy atom. The summed E-state index contributed by atoms with van der Waals surface area (Å²) in [6, 6.07) is 5.36. The van der Waals surface area contributed by atoms with E-state index in [0.29, 0.717) is 5.56 Å². The van der Waals surface area contributed by atoms with Crippen molar-refractivity contribution in [2.75, 3.05) is 6.61 Å². The number of aromatic nitrogens is 3. The van der Waals surface area contributed by atoms with Crippen LogP contribution in [0.25, 0.3) is 22.2 Å². The number of rotatable bonds is 4. The van der Waals surface area contributed by atoms with Crippen molar-refractivity contribution in [2.45, 2.75) is 6.92 Å². The molecule has 0 aliphatic carbocycles. The molecule has 2 aromatic heterocycles. The highest BCUT2D eigenvalue weighted by Gasteiger charge is 2.25. The molecule has 0 aliphatic rings. The highest BCUT2D eigenvalue weighted by atomic mass is 19.1. The van der Waals surface area contributed by atoms with Crippen molar-refractivity contribution in [1.82, 2.24) is 14.1 Å². The van der Waals surface area contributed by atoms with Gasteiger partial charge in [0.05, 0.1) is 16.6 Å². The van der Waals surface area contributed by atoms with E-state index >= 15 is 0 Å². The van der Waals surface area contributed by atoms with Gasteiger partial charge < -0.3 is 4.74 Å². The second kappa shape index (κ2) is 7.22. The lowest BCUT2D eigenvalue weighted by Gasteiger charge is -2.16. The monoisotopic (exact) mass is 383 g/mol. The lowest BCUT2D eigenvalue weighted by Crippen LogP contribution is -2.38. The third-order valence-electron chi connectivity index (χ3n) is 4.44. The number of nitrogens with zero attached hydrogens (tertiary/aromatic N) is 3. The zero-order valence-electron chi connectivity index (χ0n) is 15.7. The van der Waals surface area contributed by atoms with Crippen molar-refractivity contribution < 1.29 is 13.9 Å². The molecular formula is C20H18FN3O4. The van der Waals surface area contributed by atoms with Crippen molar-refractivity contribution in [3.8, 4) is 11.1 Å². The van der Waals surface area contributed by atoms with Gasteiger partial charge in [-0.2, -0.15) is 0 Å². The van der Waals surface area contributed by atoms with Gasteiger partial charge in [0.1, 0.15) is 18.1 Å². The lowest BCUT2D eigenvalue weighted by atomic mass is 9.96. The van der Waals surface area contributed by atoms with E-state index in [1.165, 1.54) is 49.0 Å². The minimum Gasteiger partial charge on any atom is -0.458 e. The number of esters is 1. The minimum atomic E-state index is -0.693. The average Bonchev–Trinajstić information content (AvgIpc) is 2.68. The zero-order valence-corrected chi connectivity index (χ0v) is 15.7. The van der Waals surface area contributed by atoms with E-state index in [2.05, 4.69) is 11.6 Å². The standard InChI is InChI=1S/C20H18FN3O4/c1-5-10-28-19(26)14-11(2)22-17-16(18(25)24(4)20(27)23(17)3)15(14)12-6-8-13(21)9-7-12/h5-9H,1,10H2,2-4H3. The normalized spacial score (nSPS) is 10.9. The molecule has 0 saturated heterocycles. The van der Waals surface area contributed by atoms with E-state index in [9.17, 15) is 18.8 Å². The molecule has 144 valence electrons.